The molecule has 0 bridgehead atoms. The summed E-state index contributed by atoms with van der Waals surface area (Å²) in [6, 6.07) is 66.9. The van der Waals surface area contributed by atoms with Crippen LogP contribution >= 0.6 is 72.9 Å². The van der Waals surface area contributed by atoms with Crippen molar-refractivity contribution in [2.75, 3.05) is 21.3 Å². The molecule has 8 aromatic heterocycles. The van der Waals surface area contributed by atoms with Crippen LogP contribution in [-0.2, 0) is 123 Å². The van der Waals surface area contributed by atoms with Gasteiger partial charge in [0.2, 0.25) is 23.6 Å². The predicted molar refractivity (Wildman–Crippen MR) is 506 cm³/mol. The number of hydrogen-bond donors (Lipinski definition) is 9. The first-order valence-corrected chi connectivity index (χ1v) is 46.0. The van der Waals surface area contributed by atoms with Crippen LogP contribution in [0.5, 0.6) is 5.75 Å². The van der Waals surface area contributed by atoms with Gasteiger partial charge in [-0.15, -0.1) is 45.3 Å². The molecule has 8 heterocycles. The molecule has 640 valence electrons. The Balaban J connectivity index is 0.000000120. The summed E-state index contributed by atoms with van der Waals surface area (Å²) in [4.78, 5) is 94.1. The Kier molecular flexibility index (Phi) is 27.2. The van der Waals surface area contributed by atoms with Crippen molar-refractivity contribution in [3.05, 3.63) is 345 Å². The lowest BCUT2D eigenvalue weighted by molar-refractivity contribution is -0.116. The Hall–Kier alpha value is -12.9. The zero-order chi connectivity index (χ0) is 88.3. The number of thiophene rings is 4. The number of aromatic nitrogens is 8. The maximum Gasteiger partial charge on any atom is 0.230 e. The van der Waals surface area contributed by atoms with Crippen molar-refractivity contribution in [2.45, 2.75) is 103 Å². The number of carbonyl (C=O) groups excluding carboxylic acids is 4. The largest absolute Gasteiger partial charge is 0.508 e. The fourth-order valence-corrected chi connectivity index (χ4v) is 19.0. The zero-order valence-corrected chi connectivity index (χ0v) is 74.2. The van der Waals surface area contributed by atoms with Crippen LogP contribution in [0.2, 0.25) is 5.02 Å². The van der Waals surface area contributed by atoms with Gasteiger partial charge in [-0.25, -0.2) is 44.3 Å². The standard InChI is InChI=1S/C25H20BrN3O2S.C25H20ClN3O2S.C25H20FN3O2S.C25H21N3O3S/c3*26-18-7-3-15(4-8-18)13-22(31)28-25-24(21-2-1-11-32-21)29-23-19-9-5-16(14-30)12-17(19)6-10-20(23)27-25;29-14-16-5-9-19-17(12-16)6-10-20-23(19)28-24(21-2-1-11-32-21)25(26-20)27-22(31)13-15-3-7-18(30)8-4-15/h3*1-5,7-9,11-12,30H,6,10,13-14H2,(H,27,28,31);1-5,7-9,11-12,29-30H,6,10,13-14H2,(H,26,27,31). The molecule has 0 saturated carbocycles. The average molecular weight is 1860 g/mol. The summed E-state index contributed by atoms with van der Waals surface area (Å²) >= 11 is 15.6. The number of halogens is 3. The maximum absolute atomic E-state index is 13.2. The highest BCUT2D eigenvalue weighted by molar-refractivity contribution is 9.10. The van der Waals surface area contributed by atoms with E-state index in [4.69, 9.17) is 51.5 Å². The average Bonchev–Trinajstić information content (AvgIpc) is 1.09. The number of carbonyl (C=O) groups is 4. The van der Waals surface area contributed by atoms with Gasteiger partial charge in [-0.05, 0) is 212 Å². The van der Waals surface area contributed by atoms with E-state index in [-0.39, 0.29) is 87.3 Å². The molecule has 4 amide bonds. The molecule has 0 unspecified atom stereocenters. The smallest absolute Gasteiger partial charge is 0.230 e. The summed E-state index contributed by atoms with van der Waals surface area (Å²) in [5.41, 5.74) is 25.1. The highest BCUT2D eigenvalue weighted by Gasteiger charge is 2.30. The number of benzene rings is 8. The molecular formula is C100H81BrClFN12O9S4. The maximum atomic E-state index is 13.2. The summed E-state index contributed by atoms with van der Waals surface area (Å²) in [6.45, 7) is 0.0595. The normalized spacial score (nSPS) is 12.2. The number of aliphatic hydroxyl groups is 4. The third-order valence-corrected chi connectivity index (χ3v) is 26.3. The molecule has 0 spiro atoms. The minimum Gasteiger partial charge on any atom is -0.508 e. The molecule has 9 N–H and O–H groups in total. The van der Waals surface area contributed by atoms with E-state index in [2.05, 4.69) is 37.2 Å². The molecule has 20 rings (SSSR count). The SMILES string of the molecule is O=C(Cc1ccc(Br)cc1)Nc1nc2c(nc1-c1cccs1)-c1ccc(CO)cc1CC2.O=C(Cc1ccc(Cl)cc1)Nc1nc2c(nc1-c1cccs1)-c1ccc(CO)cc1CC2.O=C(Cc1ccc(F)cc1)Nc1nc2c(nc1-c1cccs1)-c1ccc(CO)cc1CC2.O=C(Cc1ccc(O)cc1)Nc1nc2c(nc1-c1cccs1)-c1ccc(CO)cc1CC2. The third-order valence-electron chi connectivity index (χ3n) is 22.0. The lowest BCUT2D eigenvalue weighted by atomic mass is 9.90. The molecule has 4 aliphatic carbocycles. The molecule has 8 aromatic carbocycles. The monoisotopic (exact) mass is 1850 g/mol. The fraction of sp³-hybridized carbons (Fsp3) is 0.160. The quantitative estimate of drug-likeness (QED) is 0.0342. The van der Waals surface area contributed by atoms with E-state index < -0.39 is 0 Å². The number of aryl methyl sites for hydroxylation is 8. The van der Waals surface area contributed by atoms with Crippen molar-refractivity contribution < 1.29 is 49.1 Å². The Labute approximate surface area is 765 Å². The number of nitrogens with zero attached hydrogens (tertiary/aromatic N) is 8. The van der Waals surface area contributed by atoms with Crippen molar-refractivity contribution in [2.24, 2.45) is 0 Å². The molecule has 4 aliphatic rings. The minimum atomic E-state index is -0.332. The number of phenolic OH excluding ortho intramolecular Hbond substituents is 1. The van der Waals surface area contributed by atoms with Crippen LogP contribution in [0.25, 0.3) is 87.3 Å². The Morgan fingerprint density at radius 2 is 0.570 bits per heavy atom. The number of aliphatic hydroxyl groups excluding tert-OH is 4. The summed E-state index contributed by atoms with van der Waals surface area (Å²) in [7, 11) is 0. The number of aromatic hydroxyl groups is 1. The van der Waals surface area contributed by atoms with Gasteiger partial charge in [0, 0.05) is 31.7 Å². The highest BCUT2D eigenvalue weighted by Crippen LogP contribution is 2.44. The number of phenols is 1. The molecule has 0 radical (unpaired) electrons. The molecule has 0 fully saturated rings. The first-order chi connectivity index (χ1) is 62.4. The van der Waals surface area contributed by atoms with Gasteiger partial charge in [-0.1, -0.05) is 173 Å². The number of amides is 4. The van der Waals surface area contributed by atoms with E-state index in [0.717, 1.165) is 198 Å². The third kappa shape index (κ3) is 20.5. The number of anilines is 4. The predicted octanol–water partition coefficient (Wildman–Crippen LogP) is 19.8. The van der Waals surface area contributed by atoms with Gasteiger partial charge >= 0.3 is 0 Å². The van der Waals surface area contributed by atoms with Gasteiger partial charge in [0.25, 0.3) is 0 Å². The van der Waals surface area contributed by atoms with Crippen molar-refractivity contribution in [1.82, 2.24) is 39.9 Å². The first-order valence-electron chi connectivity index (χ1n) is 41.3. The second-order valence-electron chi connectivity index (χ2n) is 30.8. The second kappa shape index (κ2) is 40.0. The fourth-order valence-electron chi connectivity index (χ4n) is 15.7. The first kappa shape index (κ1) is 87.2. The summed E-state index contributed by atoms with van der Waals surface area (Å²) < 4.78 is 14.1. The van der Waals surface area contributed by atoms with Gasteiger partial charge in [0.15, 0.2) is 23.3 Å². The summed E-state index contributed by atoms with van der Waals surface area (Å²) in [5, 5.41) is 67.7. The lowest BCUT2D eigenvalue weighted by Crippen LogP contribution is -2.18. The Morgan fingerprint density at radius 3 is 0.828 bits per heavy atom. The van der Waals surface area contributed by atoms with Crippen LogP contribution in [0.15, 0.2) is 244 Å². The molecule has 16 aromatic rings. The van der Waals surface area contributed by atoms with Crippen LogP contribution in [0.3, 0.4) is 0 Å². The van der Waals surface area contributed by atoms with E-state index >= 15 is 0 Å². The van der Waals surface area contributed by atoms with Crippen molar-refractivity contribution in [1.29, 1.82) is 0 Å². The lowest BCUT2D eigenvalue weighted by Gasteiger charge is -2.21. The second-order valence-corrected chi connectivity index (χ2v) is 36.0. The summed E-state index contributed by atoms with van der Waals surface area (Å²) in [6.07, 6.45) is 6.94. The molecule has 21 nitrogen and oxygen atoms in total. The topological polar surface area (TPSA) is 321 Å². The highest BCUT2D eigenvalue weighted by atomic mass is 79.9. The van der Waals surface area contributed by atoms with E-state index in [1.54, 1.807) is 82.5 Å². The van der Waals surface area contributed by atoms with E-state index in [1.807, 2.05) is 179 Å². The Morgan fingerprint density at radius 1 is 0.320 bits per heavy atom. The van der Waals surface area contributed by atoms with Gasteiger partial charge in [0.05, 0.1) is 117 Å². The van der Waals surface area contributed by atoms with Crippen molar-refractivity contribution in [3.63, 3.8) is 0 Å². The molecule has 28 heteroatoms. The number of nitrogens with one attached hydrogen (secondary N) is 4. The van der Waals surface area contributed by atoms with Crippen LogP contribution in [0.4, 0.5) is 27.7 Å². The van der Waals surface area contributed by atoms with Crippen molar-refractivity contribution >= 4 is 120 Å². The summed E-state index contributed by atoms with van der Waals surface area (Å²) in [5.74, 6) is 1.04. The Bertz CT molecular complexity index is 5960. The van der Waals surface area contributed by atoms with Crippen LogP contribution in [0.1, 0.15) is 89.5 Å². The molecule has 0 atom stereocenters. The number of fused-ring (bicyclic) bond motifs is 12. The molecule has 128 heavy (non-hydrogen) atoms. The molecule has 0 saturated heterocycles. The van der Waals surface area contributed by atoms with Gasteiger partial charge < -0.3 is 46.8 Å². The number of hydrogen-bond acceptors (Lipinski definition) is 21. The van der Waals surface area contributed by atoms with Crippen LogP contribution in [0, 0.1) is 5.82 Å². The van der Waals surface area contributed by atoms with E-state index in [1.165, 1.54) is 29.0 Å². The van der Waals surface area contributed by atoms with Gasteiger partial charge in [0.1, 0.15) is 34.3 Å². The van der Waals surface area contributed by atoms with Gasteiger partial charge in [-0.3, -0.25) is 19.2 Å². The molecular weight excluding hydrogens is 1780 g/mol. The van der Waals surface area contributed by atoms with E-state index in [9.17, 15) is 49.1 Å². The molecule has 0 aliphatic heterocycles. The van der Waals surface area contributed by atoms with Crippen molar-refractivity contribution in [3.8, 4) is 93.1 Å². The zero-order valence-electron chi connectivity index (χ0n) is 68.6. The van der Waals surface area contributed by atoms with Crippen LogP contribution < -0.4 is 21.3 Å². The van der Waals surface area contributed by atoms with Gasteiger partial charge in [-0.2, -0.15) is 0 Å². The van der Waals surface area contributed by atoms with E-state index in [0.29, 0.717) is 57.5 Å². The number of rotatable bonds is 20. The van der Waals surface area contributed by atoms with Crippen LogP contribution in [-0.4, -0.2) is 89.0 Å². The minimum absolute atomic E-state index is 0.00524.